The zero-order chi connectivity index (χ0) is 29.6. The minimum atomic E-state index is -1.42. The van der Waals surface area contributed by atoms with Crippen LogP contribution in [-0.4, -0.2) is 179 Å². The topological polar surface area (TPSA) is 237 Å². The zero-order valence-corrected chi connectivity index (χ0v) is 22.8. The summed E-state index contributed by atoms with van der Waals surface area (Å²) in [5.74, 6) is -1.61. The van der Waals surface area contributed by atoms with Crippen molar-refractivity contribution in [1.82, 2.24) is 0 Å². The Bertz CT molecular complexity index is 726. The van der Waals surface area contributed by atoms with Crippen molar-refractivity contribution in [2.24, 2.45) is 11.8 Å². The minimum absolute atomic E-state index is 0.132. The van der Waals surface area contributed by atoms with E-state index in [9.17, 15) is 46.0 Å². The minimum Gasteiger partial charge on any atom is -0.394 e. The fraction of sp³-hybridized carbons (Fsp3) is 1.00. The molecule has 0 aliphatic carbocycles. The normalized spacial score (nSPS) is 46.4. The molecule has 0 spiro atoms. The summed E-state index contributed by atoms with van der Waals surface area (Å²) in [7, 11) is 1.32. The van der Waals surface area contributed by atoms with Crippen molar-refractivity contribution in [3.63, 3.8) is 0 Å². The van der Waals surface area contributed by atoms with E-state index in [0.29, 0.717) is 6.42 Å². The van der Waals surface area contributed by atoms with Crippen LogP contribution in [0.1, 0.15) is 13.3 Å². The highest BCUT2D eigenvalue weighted by Gasteiger charge is 2.47. The van der Waals surface area contributed by atoms with E-state index < -0.39 is 104 Å². The van der Waals surface area contributed by atoms with Gasteiger partial charge in [-0.3, -0.25) is 0 Å². The average Bonchev–Trinajstić information content (AvgIpc) is 2.96. The van der Waals surface area contributed by atoms with E-state index in [1.807, 2.05) is 0 Å². The first-order valence-electron chi connectivity index (χ1n) is 13.7. The quantitative estimate of drug-likeness (QED) is 0.0983. The Morgan fingerprint density at radius 1 is 0.500 bits per heavy atom. The van der Waals surface area contributed by atoms with Gasteiger partial charge in [0.2, 0.25) is 0 Å². The molecule has 0 aromatic rings. The molecule has 9 N–H and O–H groups in total. The van der Waals surface area contributed by atoms with Crippen LogP contribution >= 0.6 is 0 Å². The molecular weight excluding hydrogens is 540 g/mol. The lowest BCUT2D eigenvalue weighted by Gasteiger charge is -2.44. The molecule has 15 atom stereocenters. The lowest BCUT2D eigenvalue weighted by Crippen LogP contribution is -2.60. The number of aliphatic hydroxyl groups is 9. The van der Waals surface area contributed by atoms with E-state index in [1.54, 1.807) is 6.92 Å². The molecule has 3 saturated heterocycles. The van der Waals surface area contributed by atoms with Crippen LogP contribution in [0, 0.1) is 11.8 Å². The van der Waals surface area contributed by atoms with Crippen molar-refractivity contribution in [2.45, 2.75) is 92.7 Å². The first kappa shape index (κ1) is 33.9. The van der Waals surface area contributed by atoms with E-state index in [-0.39, 0.29) is 33.0 Å². The Hall–Kier alpha value is -0.600. The van der Waals surface area contributed by atoms with Gasteiger partial charge in [0.25, 0.3) is 0 Å². The summed E-state index contributed by atoms with van der Waals surface area (Å²) in [5.41, 5.74) is 0. The predicted octanol–water partition coefficient (Wildman–Crippen LogP) is -4.88. The molecule has 3 fully saturated rings. The molecule has 15 unspecified atom stereocenters. The molecule has 3 heterocycles. The van der Waals surface area contributed by atoms with Gasteiger partial charge in [0.05, 0.1) is 76.8 Å². The van der Waals surface area contributed by atoms with Crippen molar-refractivity contribution in [3.8, 4) is 0 Å². The largest absolute Gasteiger partial charge is 0.394 e. The first-order chi connectivity index (χ1) is 19.1. The Morgan fingerprint density at radius 3 is 1.32 bits per heavy atom. The van der Waals surface area contributed by atoms with Crippen LogP contribution in [0.4, 0.5) is 0 Å². The number of ether oxygens (including phenoxy) is 6. The molecule has 0 amide bonds. The summed E-state index contributed by atoms with van der Waals surface area (Å²) in [4.78, 5) is 0. The van der Waals surface area contributed by atoms with Gasteiger partial charge in [-0.2, -0.15) is 0 Å². The highest BCUT2D eigenvalue weighted by molar-refractivity contribution is 4.95. The van der Waals surface area contributed by atoms with Crippen LogP contribution in [0.2, 0.25) is 0 Å². The smallest absolute Gasteiger partial charge is 0.114 e. The summed E-state index contributed by atoms with van der Waals surface area (Å²) in [6, 6.07) is 0. The van der Waals surface area contributed by atoms with Gasteiger partial charge in [-0.15, -0.1) is 0 Å². The molecule has 15 heteroatoms. The van der Waals surface area contributed by atoms with Gasteiger partial charge >= 0.3 is 0 Å². The van der Waals surface area contributed by atoms with E-state index in [2.05, 4.69) is 0 Å². The standard InChI is InChI=1S/C25H46O15/c1-3-13-21(31)19(29)11(14(4-26)38-13)7-36-9-17-22(32)20(30)12(15(5-27)39-17)8-37-10-18-23(33)24(34)25(35-2)16(6-28)40-18/h11-34H,3-10H2,1-2H3. The molecule has 3 rings (SSSR count). The highest BCUT2D eigenvalue weighted by atomic mass is 16.6. The lowest BCUT2D eigenvalue weighted by atomic mass is 9.86. The Labute approximate surface area is 232 Å². The van der Waals surface area contributed by atoms with E-state index in [0.717, 1.165) is 0 Å². The van der Waals surface area contributed by atoms with Gasteiger partial charge in [-0.05, 0) is 6.42 Å². The number of rotatable bonds is 13. The van der Waals surface area contributed by atoms with Crippen LogP contribution in [0.15, 0.2) is 0 Å². The van der Waals surface area contributed by atoms with Gasteiger partial charge < -0.3 is 74.4 Å². The third-order valence-corrected chi connectivity index (χ3v) is 8.18. The molecule has 0 aromatic carbocycles. The lowest BCUT2D eigenvalue weighted by molar-refractivity contribution is -0.254. The van der Waals surface area contributed by atoms with Crippen LogP contribution in [0.25, 0.3) is 0 Å². The molecule has 0 radical (unpaired) electrons. The Morgan fingerprint density at radius 2 is 0.900 bits per heavy atom. The maximum Gasteiger partial charge on any atom is 0.114 e. The Balaban J connectivity index is 1.51. The van der Waals surface area contributed by atoms with Gasteiger partial charge in [-0.25, -0.2) is 0 Å². The molecule has 0 aromatic heterocycles. The molecule has 15 nitrogen and oxygen atoms in total. The van der Waals surface area contributed by atoms with Gasteiger partial charge in [0.1, 0.15) is 48.8 Å². The monoisotopic (exact) mass is 586 g/mol. The predicted molar refractivity (Wildman–Crippen MR) is 133 cm³/mol. The van der Waals surface area contributed by atoms with Crippen molar-refractivity contribution in [2.75, 3.05) is 53.4 Å². The summed E-state index contributed by atoms with van der Waals surface area (Å²) >= 11 is 0. The summed E-state index contributed by atoms with van der Waals surface area (Å²) in [6.07, 6.45) is -13.6. The number of hydrogen-bond donors (Lipinski definition) is 9. The number of hydrogen-bond acceptors (Lipinski definition) is 15. The second kappa shape index (κ2) is 15.7. The van der Waals surface area contributed by atoms with Crippen LogP contribution < -0.4 is 0 Å². The maximum absolute atomic E-state index is 10.8. The molecular formula is C25H46O15. The third kappa shape index (κ3) is 7.48. The summed E-state index contributed by atoms with van der Waals surface area (Å²) in [5, 5.41) is 91.9. The van der Waals surface area contributed by atoms with Crippen molar-refractivity contribution < 1.29 is 74.4 Å². The molecule has 40 heavy (non-hydrogen) atoms. The molecule has 3 aliphatic heterocycles. The zero-order valence-electron chi connectivity index (χ0n) is 22.8. The highest BCUT2D eigenvalue weighted by Crippen LogP contribution is 2.30. The fourth-order valence-electron chi connectivity index (χ4n) is 5.68. The van der Waals surface area contributed by atoms with Gasteiger partial charge in [0, 0.05) is 18.9 Å². The van der Waals surface area contributed by atoms with Gasteiger partial charge in [-0.1, -0.05) is 6.92 Å². The number of aliphatic hydroxyl groups excluding tert-OH is 9. The summed E-state index contributed by atoms with van der Waals surface area (Å²) in [6.45, 7) is -0.342. The second-order valence-corrected chi connectivity index (χ2v) is 10.6. The Kier molecular flexibility index (Phi) is 13.3. The van der Waals surface area contributed by atoms with E-state index in [4.69, 9.17) is 28.4 Å². The fourth-order valence-corrected chi connectivity index (χ4v) is 5.68. The average molecular weight is 587 g/mol. The number of methoxy groups -OCH3 is 1. The van der Waals surface area contributed by atoms with Crippen LogP contribution in [0.3, 0.4) is 0 Å². The van der Waals surface area contributed by atoms with Gasteiger partial charge in [0.15, 0.2) is 0 Å². The van der Waals surface area contributed by atoms with Crippen molar-refractivity contribution >= 4 is 0 Å². The van der Waals surface area contributed by atoms with E-state index in [1.165, 1.54) is 7.11 Å². The second-order valence-electron chi connectivity index (χ2n) is 10.6. The van der Waals surface area contributed by atoms with Crippen LogP contribution in [-0.2, 0) is 28.4 Å². The van der Waals surface area contributed by atoms with Crippen molar-refractivity contribution in [3.05, 3.63) is 0 Å². The SMILES string of the molecule is CCC1OC(CO)C(COCC2OC(CO)C(COCC3OC(CO)C(OC)C(O)C3O)C(O)C2O)C(O)C1O. The molecule has 3 aliphatic rings. The van der Waals surface area contributed by atoms with Crippen LogP contribution in [0.5, 0.6) is 0 Å². The molecule has 0 bridgehead atoms. The maximum atomic E-state index is 10.8. The molecule has 236 valence electrons. The van der Waals surface area contributed by atoms with E-state index >= 15 is 0 Å². The van der Waals surface area contributed by atoms with Crippen molar-refractivity contribution in [1.29, 1.82) is 0 Å². The first-order valence-corrected chi connectivity index (χ1v) is 13.7. The molecule has 0 saturated carbocycles. The summed E-state index contributed by atoms with van der Waals surface area (Å²) < 4.78 is 33.3. The third-order valence-electron chi connectivity index (χ3n) is 8.18.